The summed E-state index contributed by atoms with van der Waals surface area (Å²) in [7, 11) is -3.37. The van der Waals surface area contributed by atoms with E-state index in [0.717, 1.165) is 38.5 Å². The fourth-order valence-electron chi connectivity index (χ4n) is 2.75. The fourth-order valence-corrected chi connectivity index (χ4v) is 3.31. The number of aldehydes is 1. The van der Waals surface area contributed by atoms with Crippen molar-refractivity contribution in [3.63, 3.8) is 0 Å². The molecule has 0 spiro atoms. The minimum atomic E-state index is -3.37. The molecule has 2 aromatic rings. The van der Waals surface area contributed by atoms with Crippen LogP contribution < -0.4 is 15.4 Å². The third-order valence-electron chi connectivity index (χ3n) is 4.14. The standard InChI is InChI=1S/C17H21N5O4S/c1-27(24,25)15-3-2-12(10-19-15)22-16-14(6-9-23)17(21-11-20-16)26-13-4-7-18-8-5-13/h2-3,9-11,13,18H,4-8H2,1H3,(H,20,21,22). The van der Waals surface area contributed by atoms with E-state index in [1.165, 1.54) is 18.6 Å². The number of nitrogens with one attached hydrogen (secondary N) is 2. The summed E-state index contributed by atoms with van der Waals surface area (Å²) in [5.41, 5.74) is 1.10. The van der Waals surface area contributed by atoms with Crippen LogP contribution in [0.25, 0.3) is 0 Å². The Hall–Kier alpha value is -2.59. The van der Waals surface area contributed by atoms with Crippen LogP contribution >= 0.6 is 0 Å². The van der Waals surface area contributed by atoms with Gasteiger partial charge in [-0.2, -0.15) is 0 Å². The largest absolute Gasteiger partial charge is 0.474 e. The van der Waals surface area contributed by atoms with Gasteiger partial charge in [-0.1, -0.05) is 0 Å². The van der Waals surface area contributed by atoms with Gasteiger partial charge in [0.25, 0.3) is 0 Å². The minimum Gasteiger partial charge on any atom is -0.474 e. The van der Waals surface area contributed by atoms with Crippen LogP contribution in [-0.4, -0.2) is 55.1 Å². The minimum absolute atomic E-state index is 0.0150. The second-order valence-corrected chi connectivity index (χ2v) is 8.19. The first-order valence-electron chi connectivity index (χ1n) is 8.55. The van der Waals surface area contributed by atoms with Crippen molar-refractivity contribution in [2.24, 2.45) is 0 Å². The predicted molar refractivity (Wildman–Crippen MR) is 98.9 cm³/mol. The highest BCUT2D eigenvalue weighted by Gasteiger charge is 2.19. The van der Waals surface area contributed by atoms with Crippen molar-refractivity contribution in [3.05, 3.63) is 30.2 Å². The van der Waals surface area contributed by atoms with E-state index in [1.807, 2.05) is 0 Å². The molecule has 0 saturated carbocycles. The molecule has 3 rings (SSSR count). The number of piperidine rings is 1. The topological polar surface area (TPSA) is 123 Å². The zero-order chi connectivity index (χ0) is 19.3. The Morgan fingerprint density at radius 1 is 1.26 bits per heavy atom. The van der Waals surface area contributed by atoms with E-state index in [1.54, 1.807) is 6.07 Å². The third-order valence-corrected chi connectivity index (χ3v) is 5.14. The van der Waals surface area contributed by atoms with Gasteiger partial charge in [-0.25, -0.2) is 23.4 Å². The molecule has 0 aromatic carbocycles. The molecule has 2 N–H and O–H groups in total. The lowest BCUT2D eigenvalue weighted by molar-refractivity contribution is -0.107. The highest BCUT2D eigenvalue weighted by Crippen LogP contribution is 2.27. The lowest BCUT2D eigenvalue weighted by atomic mass is 10.1. The van der Waals surface area contributed by atoms with E-state index >= 15 is 0 Å². The Balaban J connectivity index is 1.83. The van der Waals surface area contributed by atoms with Crippen LogP contribution in [0.4, 0.5) is 11.5 Å². The number of carbonyl (C=O) groups is 1. The molecule has 1 saturated heterocycles. The van der Waals surface area contributed by atoms with Gasteiger partial charge in [0, 0.05) is 12.7 Å². The molecular formula is C17H21N5O4S. The molecule has 1 aliphatic rings. The van der Waals surface area contributed by atoms with Gasteiger partial charge in [0.2, 0.25) is 5.88 Å². The van der Waals surface area contributed by atoms with Crippen molar-refractivity contribution < 1.29 is 17.9 Å². The molecule has 10 heteroatoms. The molecule has 0 amide bonds. The third kappa shape index (κ3) is 4.98. The van der Waals surface area contributed by atoms with Crippen LogP contribution in [0.5, 0.6) is 5.88 Å². The number of carbonyl (C=O) groups excluding carboxylic acids is 1. The predicted octanol–water partition coefficient (Wildman–Crippen LogP) is 0.891. The Morgan fingerprint density at radius 2 is 2.04 bits per heavy atom. The van der Waals surface area contributed by atoms with Crippen LogP contribution in [0.1, 0.15) is 18.4 Å². The van der Waals surface area contributed by atoms with Gasteiger partial charge in [-0.15, -0.1) is 0 Å². The van der Waals surface area contributed by atoms with Crippen molar-refractivity contribution in [2.75, 3.05) is 24.7 Å². The normalized spacial score (nSPS) is 15.3. The van der Waals surface area contributed by atoms with E-state index in [4.69, 9.17) is 4.74 Å². The summed E-state index contributed by atoms with van der Waals surface area (Å²) in [5, 5.41) is 6.31. The number of nitrogens with zero attached hydrogens (tertiary/aromatic N) is 3. The average molecular weight is 391 g/mol. The summed E-state index contributed by atoms with van der Waals surface area (Å²) >= 11 is 0. The van der Waals surface area contributed by atoms with Gasteiger partial charge in [0.05, 0.1) is 17.4 Å². The maximum atomic E-state index is 11.5. The van der Waals surface area contributed by atoms with Gasteiger partial charge in [-0.05, 0) is 38.1 Å². The Bertz CT molecular complexity index is 896. The fraction of sp³-hybridized carbons (Fsp3) is 0.412. The van der Waals surface area contributed by atoms with Crippen molar-refractivity contribution in [3.8, 4) is 5.88 Å². The number of aromatic nitrogens is 3. The van der Waals surface area contributed by atoms with Crippen molar-refractivity contribution >= 4 is 27.6 Å². The molecular weight excluding hydrogens is 370 g/mol. The van der Waals surface area contributed by atoms with E-state index in [9.17, 15) is 13.2 Å². The number of hydrogen-bond acceptors (Lipinski definition) is 9. The number of hydrogen-bond donors (Lipinski definition) is 2. The van der Waals surface area contributed by atoms with Gasteiger partial charge >= 0.3 is 0 Å². The number of sulfone groups is 1. The van der Waals surface area contributed by atoms with Gasteiger partial charge in [0.15, 0.2) is 14.9 Å². The highest BCUT2D eigenvalue weighted by molar-refractivity contribution is 7.90. The molecule has 1 aliphatic heterocycles. The van der Waals surface area contributed by atoms with E-state index in [0.29, 0.717) is 22.9 Å². The first-order chi connectivity index (χ1) is 13.0. The summed E-state index contributed by atoms with van der Waals surface area (Å²) < 4.78 is 29.0. The van der Waals surface area contributed by atoms with Gasteiger partial charge < -0.3 is 20.2 Å². The molecule has 0 radical (unpaired) electrons. The molecule has 0 atom stereocenters. The van der Waals surface area contributed by atoms with Crippen LogP contribution in [0.2, 0.25) is 0 Å². The Morgan fingerprint density at radius 3 is 2.67 bits per heavy atom. The first-order valence-corrected chi connectivity index (χ1v) is 10.4. The molecule has 3 heterocycles. The summed E-state index contributed by atoms with van der Waals surface area (Å²) in [6, 6.07) is 2.99. The molecule has 1 fully saturated rings. The first kappa shape index (κ1) is 19.2. The number of anilines is 2. The maximum absolute atomic E-state index is 11.5. The van der Waals surface area contributed by atoms with Crippen molar-refractivity contribution in [2.45, 2.75) is 30.4 Å². The van der Waals surface area contributed by atoms with Crippen molar-refractivity contribution in [1.82, 2.24) is 20.3 Å². The van der Waals surface area contributed by atoms with E-state index in [2.05, 4.69) is 25.6 Å². The van der Waals surface area contributed by atoms with Crippen LogP contribution in [0.3, 0.4) is 0 Å². The maximum Gasteiger partial charge on any atom is 0.222 e. The quantitative estimate of drug-likeness (QED) is 0.662. The Kier molecular flexibility index (Phi) is 5.97. The number of rotatable bonds is 7. The summed E-state index contributed by atoms with van der Waals surface area (Å²) in [4.78, 5) is 23.5. The second kappa shape index (κ2) is 8.40. The monoisotopic (exact) mass is 391 g/mol. The lowest BCUT2D eigenvalue weighted by Gasteiger charge is -2.24. The van der Waals surface area contributed by atoms with Crippen LogP contribution in [-0.2, 0) is 21.1 Å². The zero-order valence-electron chi connectivity index (χ0n) is 14.9. The van der Waals surface area contributed by atoms with Gasteiger partial charge in [0.1, 0.15) is 24.5 Å². The molecule has 144 valence electrons. The molecule has 27 heavy (non-hydrogen) atoms. The number of ether oxygens (including phenoxy) is 1. The van der Waals surface area contributed by atoms with E-state index in [-0.39, 0.29) is 17.6 Å². The van der Waals surface area contributed by atoms with Crippen LogP contribution in [0.15, 0.2) is 29.7 Å². The second-order valence-electron chi connectivity index (χ2n) is 6.23. The summed E-state index contributed by atoms with van der Waals surface area (Å²) in [6.45, 7) is 1.75. The molecule has 9 nitrogen and oxygen atoms in total. The SMILES string of the molecule is CS(=O)(=O)c1ccc(Nc2ncnc(OC3CCNCC3)c2CC=O)cn1. The molecule has 0 aliphatic carbocycles. The highest BCUT2D eigenvalue weighted by atomic mass is 32.2. The van der Waals surface area contributed by atoms with Crippen molar-refractivity contribution in [1.29, 1.82) is 0 Å². The smallest absolute Gasteiger partial charge is 0.222 e. The zero-order valence-corrected chi connectivity index (χ0v) is 15.7. The molecule has 0 unspecified atom stereocenters. The van der Waals surface area contributed by atoms with Gasteiger partial charge in [-0.3, -0.25) is 0 Å². The van der Waals surface area contributed by atoms with Crippen LogP contribution in [0, 0.1) is 0 Å². The van der Waals surface area contributed by atoms with E-state index < -0.39 is 9.84 Å². The molecule has 2 aromatic heterocycles. The molecule has 0 bridgehead atoms. The lowest BCUT2D eigenvalue weighted by Crippen LogP contribution is -2.34. The number of pyridine rings is 1. The summed E-state index contributed by atoms with van der Waals surface area (Å²) in [5.74, 6) is 0.808. The Labute approximate surface area is 157 Å². The average Bonchev–Trinajstić information content (AvgIpc) is 2.65. The summed E-state index contributed by atoms with van der Waals surface area (Å²) in [6.07, 6.45) is 6.49.